The van der Waals surface area contributed by atoms with Gasteiger partial charge in [-0.2, -0.15) is 0 Å². The van der Waals surface area contributed by atoms with E-state index >= 15 is 0 Å². The Bertz CT molecular complexity index is 593. The van der Waals surface area contributed by atoms with Crippen LogP contribution in [0.25, 0.3) is 0 Å². The van der Waals surface area contributed by atoms with E-state index in [2.05, 4.69) is 20.8 Å². The standard InChI is InChI=1S/C39H76O5/c1-4-7-10-13-16-18-19-20-22-25-28-31-34-42-35-37(44-39(41)33-30-27-23-15-12-9-6-3)36-43-38(40)32-29-26-24-21-17-14-11-8-5-2/h37H,4-36H2,1-3H3. The van der Waals surface area contributed by atoms with Gasteiger partial charge in [0.05, 0.1) is 6.61 Å². The molecule has 0 spiro atoms. The number of unbranched alkanes of at least 4 members (excludes halogenated alkanes) is 25. The molecule has 0 amide bonds. The van der Waals surface area contributed by atoms with E-state index in [9.17, 15) is 9.59 Å². The van der Waals surface area contributed by atoms with Crippen molar-refractivity contribution < 1.29 is 23.8 Å². The first-order chi connectivity index (χ1) is 21.6. The fraction of sp³-hybridized carbons (Fsp3) is 0.949. The van der Waals surface area contributed by atoms with E-state index in [1.54, 1.807) is 0 Å². The molecule has 0 heterocycles. The van der Waals surface area contributed by atoms with Crippen LogP contribution in [0.5, 0.6) is 0 Å². The summed E-state index contributed by atoms with van der Waals surface area (Å²) in [5.74, 6) is -0.394. The van der Waals surface area contributed by atoms with E-state index in [1.165, 1.54) is 148 Å². The number of ether oxygens (including phenoxy) is 3. The van der Waals surface area contributed by atoms with Gasteiger partial charge in [-0.15, -0.1) is 0 Å². The molecule has 0 aliphatic heterocycles. The number of carbonyl (C=O) groups is 2. The van der Waals surface area contributed by atoms with Crippen LogP contribution in [0.3, 0.4) is 0 Å². The zero-order chi connectivity index (χ0) is 32.2. The average molecular weight is 625 g/mol. The van der Waals surface area contributed by atoms with Gasteiger partial charge in [-0.3, -0.25) is 9.59 Å². The zero-order valence-electron chi connectivity index (χ0n) is 30.0. The third-order valence-corrected chi connectivity index (χ3v) is 8.64. The third-order valence-electron chi connectivity index (χ3n) is 8.64. The zero-order valence-corrected chi connectivity index (χ0v) is 30.0. The van der Waals surface area contributed by atoms with Crippen molar-refractivity contribution in [1.29, 1.82) is 0 Å². The molecule has 0 aromatic heterocycles. The molecule has 5 nitrogen and oxygen atoms in total. The average Bonchev–Trinajstić information content (AvgIpc) is 3.02. The van der Waals surface area contributed by atoms with Gasteiger partial charge in [0.2, 0.25) is 0 Å². The van der Waals surface area contributed by atoms with Crippen LogP contribution in [0.1, 0.15) is 213 Å². The summed E-state index contributed by atoms with van der Waals surface area (Å²) in [5, 5.41) is 0. The number of rotatable bonds is 36. The van der Waals surface area contributed by atoms with Crippen molar-refractivity contribution in [1.82, 2.24) is 0 Å². The van der Waals surface area contributed by atoms with E-state index in [0.717, 1.165) is 32.1 Å². The number of esters is 2. The molecule has 0 N–H and O–H groups in total. The second kappa shape index (κ2) is 36.4. The number of carbonyl (C=O) groups excluding carboxylic acids is 2. The van der Waals surface area contributed by atoms with Gasteiger partial charge < -0.3 is 14.2 Å². The molecule has 0 saturated carbocycles. The maximum Gasteiger partial charge on any atom is 0.306 e. The summed E-state index contributed by atoms with van der Waals surface area (Å²) in [5.41, 5.74) is 0. The molecule has 0 aliphatic rings. The Labute approximate surface area is 274 Å². The largest absolute Gasteiger partial charge is 0.462 e. The van der Waals surface area contributed by atoms with E-state index in [1.807, 2.05) is 0 Å². The predicted octanol–water partition coefficient (Wildman–Crippen LogP) is 12.2. The van der Waals surface area contributed by atoms with Crippen molar-refractivity contribution in [2.45, 2.75) is 219 Å². The smallest absolute Gasteiger partial charge is 0.306 e. The molecule has 1 unspecified atom stereocenters. The summed E-state index contributed by atoms with van der Waals surface area (Å²) in [4.78, 5) is 24.9. The van der Waals surface area contributed by atoms with E-state index < -0.39 is 6.10 Å². The molecule has 0 aromatic carbocycles. The molecule has 0 bridgehead atoms. The van der Waals surface area contributed by atoms with Crippen LogP contribution in [0.15, 0.2) is 0 Å². The van der Waals surface area contributed by atoms with Crippen molar-refractivity contribution in [3.63, 3.8) is 0 Å². The van der Waals surface area contributed by atoms with Crippen LogP contribution in [-0.4, -0.2) is 37.9 Å². The molecule has 0 aromatic rings. The Morgan fingerprint density at radius 1 is 0.409 bits per heavy atom. The van der Waals surface area contributed by atoms with Crippen molar-refractivity contribution in [2.24, 2.45) is 0 Å². The van der Waals surface area contributed by atoms with Gasteiger partial charge in [0.15, 0.2) is 6.10 Å². The minimum absolute atomic E-state index is 0.0947. The molecular formula is C39H76O5. The lowest BCUT2D eigenvalue weighted by Gasteiger charge is -2.18. The van der Waals surface area contributed by atoms with Crippen LogP contribution < -0.4 is 0 Å². The highest BCUT2D eigenvalue weighted by Crippen LogP contribution is 2.14. The first kappa shape index (κ1) is 42.9. The maximum atomic E-state index is 12.5. The summed E-state index contributed by atoms with van der Waals surface area (Å²) in [6.07, 6.45) is 35.2. The highest BCUT2D eigenvalue weighted by Gasteiger charge is 2.17. The molecule has 0 rings (SSSR count). The van der Waals surface area contributed by atoms with Gasteiger partial charge in [0.1, 0.15) is 6.61 Å². The van der Waals surface area contributed by atoms with Crippen LogP contribution in [0.2, 0.25) is 0 Å². The van der Waals surface area contributed by atoms with Gasteiger partial charge in [0.25, 0.3) is 0 Å². The second-order valence-corrected chi connectivity index (χ2v) is 13.2. The third kappa shape index (κ3) is 33.8. The Morgan fingerprint density at radius 2 is 0.750 bits per heavy atom. The molecule has 44 heavy (non-hydrogen) atoms. The van der Waals surface area contributed by atoms with Crippen molar-refractivity contribution in [3.8, 4) is 0 Å². The Morgan fingerprint density at radius 3 is 1.16 bits per heavy atom. The van der Waals surface area contributed by atoms with Gasteiger partial charge in [0, 0.05) is 19.4 Å². The molecule has 0 fully saturated rings. The van der Waals surface area contributed by atoms with Crippen LogP contribution in [-0.2, 0) is 23.8 Å². The minimum atomic E-state index is -0.517. The summed E-state index contributed by atoms with van der Waals surface area (Å²) in [6, 6.07) is 0. The second-order valence-electron chi connectivity index (χ2n) is 13.2. The van der Waals surface area contributed by atoms with Crippen molar-refractivity contribution >= 4 is 11.9 Å². The van der Waals surface area contributed by atoms with Crippen LogP contribution >= 0.6 is 0 Å². The molecule has 0 saturated heterocycles. The van der Waals surface area contributed by atoms with E-state index in [4.69, 9.17) is 14.2 Å². The molecule has 0 radical (unpaired) electrons. The molecule has 0 aliphatic carbocycles. The fourth-order valence-corrected chi connectivity index (χ4v) is 5.69. The van der Waals surface area contributed by atoms with E-state index in [-0.39, 0.29) is 18.5 Å². The highest BCUT2D eigenvalue weighted by molar-refractivity contribution is 5.70. The van der Waals surface area contributed by atoms with Gasteiger partial charge >= 0.3 is 11.9 Å². The topological polar surface area (TPSA) is 61.8 Å². The molecule has 262 valence electrons. The Balaban J connectivity index is 4.15. The summed E-state index contributed by atoms with van der Waals surface area (Å²) < 4.78 is 17.1. The van der Waals surface area contributed by atoms with Crippen molar-refractivity contribution in [3.05, 3.63) is 0 Å². The SMILES string of the molecule is CCCCCCCCCCCCCCOCC(COC(=O)CCCCCCCCCCC)OC(=O)CCCCCCCCC. The predicted molar refractivity (Wildman–Crippen MR) is 187 cm³/mol. The lowest BCUT2D eigenvalue weighted by atomic mass is 10.1. The monoisotopic (exact) mass is 625 g/mol. The quantitative estimate of drug-likeness (QED) is 0.0512. The maximum absolute atomic E-state index is 12.5. The number of hydrogen-bond acceptors (Lipinski definition) is 5. The first-order valence-corrected chi connectivity index (χ1v) is 19.6. The molecular weight excluding hydrogens is 548 g/mol. The summed E-state index contributed by atoms with van der Waals surface area (Å²) in [6.45, 7) is 7.80. The molecule has 5 heteroatoms. The van der Waals surface area contributed by atoms with Crippen molar-refractivity contribution in [2.75, 3.05) is 19.8 Å². The van der Waals surface area contributed by atoms with Crippen LogP contribution in [0.4, 0.5) is 0 Å². The Kier molecular flexibility index (Phi) is 35.5. The first-order valence-electron chi connectivity index (χ1n) is 19.6. The normalized spacial score (nSPS) is 12.0. The summed E-state index contributed by atoms with van der Waals surface area (Å²) >= 11 is 0. The lowest BCUT2D eigenvalue weighted by Crippen LogP contribution is -2.30. The van der Waals surface area contributed by atoms with Crippen LogP contribution in [0, 0.1) is 0 Å². The van der Waals surface area contributed by atoms with Gasteiger partial charge in [-0.25, -0.2) is 0 Å². The Hall–Kier alpha value is -1.10. The fourth-order valence-electron chi connectivity index (χ4n) is 5.69. The number of hydrogen-bond donors (Lipinski definition) is 0. The van der Waals surface area contributed by atoms with Gasteiger partial charge in [-0.1, -0.05) is 181 Å². The summed E-state index contributed by atoms with van der Waals surface area (Å²) in [7, 11) is 0. The minimum Gasteiger partial charge on any atom is -0.462 e. The molecule has 1 atom stereocenters. The van der Waals surface area contributed by atoms with Gasteiger partial charge in [-0.05, 0) is 19.3 Å². The highest BCUT2D eigenvalue weighted by atomic mass is 16.6. The lowest BCUT2D eigenvalue weighted by molar-refractivity contribution is -0.163. The van der Waals surface area contributed by atoms with E-state index in [0.29, 0.717) is 26.1 Å².